The van der Waals surface area contributed by atoms with E-state index in [1.54, 1.807) is 0 Å². The first-order valence-corrected chi connectivity index (χ1v) is 23.2. The summed E-state index contributed by atoms with van der Waals surface area (Å²) in [4.78, 5) is 0. The lowest BCUT2D eigenvalue weighted by Crippen LogP contribution is -3.00. The van der Waals surface area contributed by atoms with Crippen LogP contribution in [0.25, 0.3) is 0 Å². The summed E-state index contributed by atoms with van der Waals surface area (Å²) in [5.74, 6) is 5.00. The summed E-state index contributed by atoms with van der Waals surface area (Å²) in [5.41, 5.74) is 0. The Morgan fingerprint density at radius 3 is 0.900 bits per heavy atom. The highest BCUT2D eigenvalue weighted by Crippen LogP contribution is 2.22. The number of pyridine rings is 2. The van der Waals surface area contributed by atoms with Gasteiger partial charge in [-0.2, -0.15) is 23.5 Å². The van der Waals surface area contributed by atoms with E-state index >= 15 is 0 Å². The van der Waals surface area contributed by atoms with E-state index in [1.165, 1.54) is 190 Å². The van der Waals surface area contributed by atoms with Crippen LogP contribution in [-0.4, -0.2) is 23.0 Å². The van der Waals surface area contributed by atoms with Gasteiger partial charge in [-0.05, 0) is 12.8 Å². The molecule has 0 aliphatic rings. The number of aromatic nitrogens is 2. The van der Waals surface area contributed by atoms with Gasteiger partial charge in [0.25, 0.3) is 0 Å². The normalized spacial score (nSPS) is 12.3. The minimum absolute atomic E-state index is 0. The topological polar surface area (TPSA) is 7.76 Å². The highest BCUT2D eigenvalue weighted by atomic mass is 79.9. The van der Waals surface area contributed by atoms with E-state index in [4.69, 9.17) is 0 Å². The Balaban J connectivity index is 0.0000120. The number of hydrogen-bond acceptors (Lipinski definition) is 2. The molecule has 0 bridgehead atoms. The maximum absolute atomic E-state index is 2.48. The van der Waals surface area contributed by atoms with Crippen molar-refractivity contribution in [2.75, 3.05) is 23.0 Å². The molecular formula is C44H78Br2N2S2. The summed E-state index contributed by atoms with van der Waals surface area (Å²) in [5, 5.41) is 0. The minimum Gasteiger partial charge on any atom is -1.00 e. The second-order valence-corrected chi connectivity index (χ2v) is 16.8. The molecule has 0 aliphatic heterocycles. The maximum Gasteiger partial charge on any atom is 0.169 e. The number of nitrogens with zero attached hydrogens (tertiary/aromatic N) is 2. The van der Waals surface area contributed by atoms with Gasteiger partial charge in [0.05, 0.1) is 11.5 Å². The third-order valence-corrected chi connectivity index (χ3v) is 12.6. The molecule has 2 aromatic rings. The zero-order valence-electron chi connectivity index (χ0n) is 32.6. The second-order valence-electron chi connectivity index (χ2n) is 14.5. The Morgan fingerprint density at radius 1 is 0.360 bits per heavy atom. The number of halogens is 2. The van der Waals surface area contributed by atoms with Gasteiger partial charge in [-0.25, -0.2) is 9.13 Å². The Morgan fingerprint density at radius 2 is 0.620 bits per heavy atom. The lowest BCUT2D eigenvalue weighted by atomic mass is 10.0. The number of hydrogen-bond donors (Lipinski definition) is 0. The highest BCUT2D eigenvalue weighted by molar-refractivity contribution is 8.02. The molecule has 2 heterocycles. The number of thioether (sulfide) groups is 2. The molecule has 2 nitrogen and oxygen atoms in total. The van der Waals surface area contributed by atoms with Crippen LogP contribution in [0.3, 0.4) is 0 Å². The van der Waals surface area contributed by atoms with Crippen LogP contribution >= 0.6 is 23.5 Å². The first-order chi connectivity index (χ1) is 23.8. The van der Waals surface area contributed by atoms with Crippen LogP contribution < -0.4 is 43.1 Å². The molecule has 0 radical (unpaired) electrons. The standard InChI is InChI=1S/C44H78N2S2.2BrH/c1-3-5-7-9-11-13-15-17-19-21-23-27-33-43(45-35-29-25-30-36-45)41-47-39-40-48-42-44(46-37-31-26-32-38-46)34-28-24-22-20-18-16-14-12-10-8-6-4-2;;/h25-26,29-32,35-38,43-44H,3-24,27-28,33-34,39-42H2,1-2H3;2*1H/q+2;;/p-2. The van der Waals surface area contributed by atoms with Gasteiger partial charge >= 0.3 is 0 Å². The van der Waals surface area contributed by atoms with Gasteiger partial charge < -0.3 is 34.0 Å². The molecule has 0 amide bonds. The smallest absolute Gasteiger partial charge is 0.169 e. The van der Waals surface area contributed by atoms with Gasteiger partial charge in [-0.15, -0.1) is 0 Å². The van der Waals surface area contributed by atoms with E-state index in [0.29, 0.717) is 12.1 Å². The van der Waals surface area contributed by atoms with Gasteiger partial charge in [0, 0.05) is 48.6 Å². The van der Waals surface area contributed by atoms with E-state index in [1.807, 2.05) is 0 Å². The van der Waals surface area contributed by atoms with Crippen LogP contribution in [0.5, 0.6) is 0 Å². The minimum atomic E-state index is 0. The molecule has 2 unspecified atom stereocenters. The monoisotopic (exact) mass is 856 g/mol. The summed E-state index contributed by atoms with van der Waals surface area (Å²) in [6, 6.07) is 14.4. The number of unbranched alkanes of at least 4 members (excludes halogenated alkanes) is 22. The van der Waals surface area contributed by atoms with Gasteiger partial charge in [0.15, 0.2) is 36.9 Å². The van der Waals surface area contributed by atoms with Crippen molar-refractivity contribution in [3.05, 3.63) is 61.2 Å². The predicted molar refractivity (Wildman–Crippen MR) is 217 cm³/mol. The summed E-state index contributed by atoms with van der Waals surface area (Å²) in [7, 11) is 0. The first-order valence-electron chi connectivity index (χ1n) is 20.9. The Kier molecular flexibility index (Phi) is 38.6. The van der Waals surface area contributed by atoms with Gasteiger partial charge in [-0.1, -0.05) is 167 Å². The van der Waals surface area contributed by atoms with Crippen LogP contribution in [0.4, 0.5) is 0 Å². The van der Waals surface area contributed by atoms with Gasteiger partial charge in [-0.3, -0.25) is 0 Å². The highest BCUT2D eigenvalue weighted by Gasteiger charge is 2.19. The van der Waals surface area contributed by atoms with Crippen molar-refractivity contribution in [2.45, 2.75) is 193 Å². The van der Waals surface area contributed by atoms with E-state index in [0.717, 1.165) is 0 Å². The van der Waals surface area contributed by atoms with Crippen molar-refractivity contribution >= 4 is 23.5 Å². The average Bonchev–Trinajstić information content (AvgIpc) is 3.12. The largest absolute Gasteiger partial charge is 1.00 e. The van der Waals surface area contributed by atoms with Crippen LogP contribution in [-0.2, 0) is 0 Å². The maximum atomic E-state index is 2.48. The number of rotatable bonds is 35. The van der Waals surface area contributed by atoms with E-state index in [9.17, 15) is 0 Å². The quantitative estimate of drug-likeness (QED) is 0.0519. The molecule has 290 valence electrons. The Labute approximate surface area is 341 Å². The van der Waals surface area contributed by atoms with Crippen molar-refractivity contribution in [3.63, 3.8) is 0 Å². The van der Waals surface area contributed by atoms with Gasteiger partial charge in [0.1, 0.15) is 0 Å². The predicted octanol–water partition coefficient (Wildman–Crippen LogP) is 7.70. The molecule has 0 N–H and O–H groups in total. The van der Waals surface area contributed by atoms with Crippen LogP contribution in [0, 0.1) is 0 Å². The molecule has 6 heteroatoms. The lowest BCUT2D eigenvalue weighted by molar-refractivity contribution is -0.719. The molecule has 0 saturated heterocycles. The molecule has 0 spiro atoms. The first kappa shape index (κ1) is 50.0. The third-order valence-electron chi connectivity index (χ3n) is 10.1. The molecule has 0 fully saturated rings. The molecular weight excluding hydrogens is 780 g/mol. The summed E-state index contributed by atoms with van der Waals surface area (Å²) < 4.78 is 4.96. The third kappa shape index (κ3) is 28.5. The molecule has 0 saturated carbocycles. The van der Waals surface area contributed by atoms with E-state index < -0.39 is 0 Å². The van der Waals surface area contributed by atoms with Crippen LogP contribution in [0.15, 0.2) is 61.2 Å². The zero-order valence-corrected chi connectivity index (χ0v) is 37.4. The van der Waals surface area contributed by atoms with Crippen LogP contribution in [0.2, 0.25) is 0 Å². The van der Waals surface area contributed by atoms with Crippen molar-refractivity contribution in [2.24, 2.45) is 0 Å². The SMILES string of the molecule is CCCCCCCCCCCCCCC(CSCCSCC(CCCCCCCCCCCCCC)[n+]1ccccc1)[n+]1ccccc1.[Br-].[Br-]. The lowest BCUT2D eigenvalue weighted by Gasteiger charge is -2.14. The molecule has 2 atom stereocenters. The van der Waals surface area contributed by atoms with Crippen molar-refractivity contribution in [1.82, 2.24) is 0 Å². The molecule has 50 heavy (non-hydrogen) atoms. The molecule has 0 aliphatic carbocycles. The second kappa shape index (κ2) is 38.7. The summed E-state index contributed by atoms with van der Waals surface area (Å²) in [6.07, 6.45) is 46.0. The zero-order chi connectivity index (χ0) is 34.0. The molecule has 2 aromatic heterocycles. The Bertz CT molecular complexity index is 845. The van der Waals surface area contributed by atoms with E-state index in [2.05, 4.69) is 108 Å². The summed E-state index contributed by atoms with van der Waals surface area (Å²) >= 11 is 4.35. The van der Waals surface area contributed by atoms with Crippen molar-refractivity contribution < 1.29 is 43.1 Å². The Hall–Kier alpha value is -0.0400. The van der Waals surface area contributed by atoms with E-state index in [-0.39, 0.29) is 34.0 Å². The molecule has 2 rings (SSSR count). The average molecular weight is 859 g/mol. The molecule has 0 aromatic carbocycles. The van der Waals surface area contributed by atoms with Crippen molar-refractivity contribution in [1.29, 1.82) is 0 Å². The van der Waals surface area contributed by atoms with Crippen LogP contribution in [0.1, 0.15) is 193 Å². The van der Waals surface area contributed by atoms with Gasteiger partial charge in [0.2, 0.25) is 0 Å². The fourth-order valence-corrected chi connectivity index (χ4v) is 9.44. The van der Waals surface area contributed by atoms with Crippen molar-refractivity contribution in [3.8, 4) is 0 Å². The fraction of sp³-hybridized carbons (Fsp3) is 0.773. The fourth-order valence-electron chi connectivity index (χ4n) is 6.95. The summed E-state index contributed by atoms with van der Waals surface area (Å²) in [6.45, 7) is 4.61.